The summed E-state index contributed by atoms with van der Waals surface area (Å²) in [5.74, 6) is 0.539. The van der Waals surface area contributed by atoms with Crippen LogP contribution in [-0.4, -0.2) is 6.29 Å². The average molecular weight is 168 g/mol. The molecule has 0 radical (unpaired) electrons. The van der Waals surface area contributed by atoms with Crippen LogP contribution in [0, 0.1) is 5.92 Å². The van der Waals surface area contributed by atoms with Crippen LogP contribution in [0.15, 0.2) is 11.1 Å². The average Bonchev–Trinajstić information content (AvgIpc) is 2.00. The summed E-state index contributed by atoms with van der Waals surface area (Å²) in [7, 11) is 0. The van der Waals surface area contributed by atoms with Crippen molar-refractivity contribution in [2.45, 2.75) is 47.0 Å². The Morgan fingerprint density at radius 3 is 2.33 bits per heavy atom. The molecule has 0 saturated heterocycles. The molecule has 0 fully saturated rings. The Morgan fingerprint density at radius 2 is 1.92 bits per heavy atom. The first-order chi connectivity index (χ1) is 5.57. The van der Waals surface area contributed by atoms with Gasteiger partial charge in [-0.3, -0.25) is 0 Å². The molecular weight excluding hydrogens is 148 g/mol. The molecule has 0 aliphatic carbocycles. The largest absolute Gasteiger partial charge is 0.303 e. The van der Waals surface area contributed by atoms with Crippen LogP contribution in [-0.2, 0) is 4.79 Å². The van der Waals surface area contributed by atoms with Gasteiger partial charge < -0.3 is 4.79 Å². The van der Waals surface area contributed by atoms with Gasteiger partial charge >= 0.3 is 0 Å². The number of aldehydes is 1. The lowest BCUT2D eigenvalue weighted by atomic mass is 9.98. The number of carbonyl (C=O) groups excluding carboxylic acids is 1. The number of hydrogen-bond acceptors (Lipinski definition) is 1. The summed E-state index contributed by atoms with van der Waals surface area (Å²) in [6.07, 6.45) is 3.99. The first-order valence-corrected chi connectivity index (χ1v) is 4.64. The highest BCUT2D eigenvalue weighted by molar-refractivity contribution is 5.49. The van der Waals surface area contributed by atoms with Crippen LogP contribution < -0.4 is 0 Å². The zero-order valence-electron chi connectivity index (χ0n) is 8.68. The van der Waals surface area contributed by atoms with Crippen molar-refractivity contribution in [2.75, 3.05) is 0 Å². The van der Waals surface area contributed by atoms with Gasteiger partial charge in [0, 0.05) is 6.42 Å². The molecule has 0 rings (SSSR count). The summed E-state index contributed by atoms with van der Waals surface area (Å²) in [6.45, 7) is 8.58. The fourth-order valence-electron chi connectivity index (χ4n) is 0.995. The highest BCUT2D eigenvalue weighted by Gasteiger charge is 2.01. The van der Waals surface area contributed by atoms with Crippen molar-refractivity contribution < 1.29 is 4.79 Å². The van der Waals surface area contributed by atoms with Crippen molar-refractivity contribution in [1.29, 1.82) is 0 Å². The molecule has 0 aliphatic heterocycles. The second-order valence-corrected chi connectivity index (χ2v) is 3.83. The van der Waals surface area contributed by atoms with Gasteiger partial charge in [0.2, 0.25) is 0 Å². The summed E-state index contributed by atoms with van der Waals surface area (Å²) >= 11 is 0. The topological polar surface area (TPSA) is 17.1 Å². The first kappa shape index (κ1) is 11.4. The van der Waals surface area contributed by atoms with Crippen LogP contribution in [0.5, 0.6) is 0 Å². The number of carbonyl (C=O) groups is 1. The predicted molar refractivity (Wildman–Crippen MR) is 53.1 cm³/mol. The summed E-state index contributed by atoms with van der Waals surface area (Å²) in [5, 5.41) is 0. The Balaban J connectivity index is 3.68. The normalized spacial score (nSPS) is 12.3. The van der Waals surface area contributed by atoms with Crippen LogP contribution in [0.3, 0.4) is 0 Å². The first-order valence-electron chi connectivity index (χ1n) is 4.64. The van der Waals surface area contributed by atoms with Gasteiger partial charge in [0.15, 0.2) is 0 Å². The van der Waals surface area contributed by atoms with Crippen LogP contribution in [0.1, 0.15) is 47.0 Å². The smallest absolute Gasteiger partial charge is 0.120 e. The van der Waals surface area contributed by atoms with Crippen LogP contribution >= 0.6 is 0 Å². The molecule has 0 aromatic rings. The van der Waals surface area contributed by atoms with E-state index in [2.05, 4.69) is 27.7 Å². The molecule has 1 heteroatoms. The van der Waals surface area contributed by atoms with Crippen molar-refractivity contribution in [3.05, 3.63) is 11.1 Å². The molecule has 1 atom stereocenters. The maximum absolute atomic E-state index is 10.2. The number of allylic oxidation sites excluding steroid dienone is 2. The van der Waals surface area contributed by atoms with Gasteiger partial charge in [0.25, 0.3) is 0 Å². The Kier molecular flexibility index (Phi) is 5.69. The van der Waals surface area contributed by atoms with Gasteiger partial charge in [-0.1, -0.05) is 18.1 Å². The third-order valence-electron chi connectivity index (χ3n) is 2.36. The minimum absolute atomic E-state index is 0.539. The fourth-order valence-corrected chi connectivity index (χ4v) is 0.995. The van der Waals surface area contributed by atoms with E-state index in [1.807, 2.05) is 0 Å². The molecule has 1 nitrogen and oxygen atoms in total. The zero-order chi connectivity index (χ0) is 9.56. The van der Waals surface area contributed by atoms with Gasteiger partial charge in [0.1, 0.15) is 6.29 Å². The van der Waals surface area contributed by atoms with Crippen LogP contribution in [0.2, 0.25) is 0 Å². The molecule has 0 aromatic heterocycles. The molecule has 12 heavy (non-hydrogen) atoms. The zero-order valence-corrected chi connectivity index (χ0v) is 8.68. The summed E-state index contributed by atoms with van der Waals surface area (Å²) in [6, 6.07) is 0. The Hall–Kier alpha value is -0.590. The summed E-state index contributed by atoms with van der Waals surface area (Å²) in [4.78, 5) is 10.2. The third kappa shape index (κ3) is 5.11. The lowest BCUT2D eigenvalue weighted by Gasteiger charge is -2.08. The molecule has 0 unspecified atom stereocenters. The van der Waals surface area contributed by atoms with E-state index < -0.39 is 0 Å². The Labute approximate surface area is 75.9 Å². The standard InChI is InChI=1S/C11H20O/c1-9(2)11(4)6-5-10(3)7-8-12/h8,10H,5-7H2,1-4H3/t10-/m1/s1. The highest BCUT2D eigenvalue weighted by Crippen LogP contribution is 2.15. The van der Waals surface area contributed by atoms with Crippen molar-refractivity contribution >= 4 is 6.29 Å². The molecule has 0 aliphatic rings. The van der Waals surface area contributed by atoms with E-state index in [9.17, 15) is 4.79 Å². The molecule has 70 valence electrons. The van der Waals surface area contributed by atoms with E-state index in [-0.39, 0.29) is 0 Å². The monoisotopic (exact) mass is 168 g/mol. The maximum Gasteiger partial charge on any atom is 0.120 e. The Morgan fingerprint density at radius 1 is 1.33 bits per heavy atom. The van der Waals surface area contributed by atoms with Gasteiger partial charge in [-0.25, -0.2) is 0 Å². The summed E-state index contributed by atoms with van der Waals surface area (Å²) < 4.78 is 0. The van der Waals surface area contributed by atoms with Gasteiger partial charge in [-0.15, -0.1) is 0 Å². The predicted octanol–water partition coefficient (Wildman–Crippen LogP) is 3.35. The lowest BCUT2D eigenvalue weighted by molar-refractivity contribution is -0.108. The lowest BCUT2D eigenvalue weighted by Crippen LogP contribution is -1.96. The fraction of sp³-hybridized carbons (Fsp3) is 0.727. The third-order valence-corrected chi connectivity index (χ3v) is 2.36. The van der Waals surface area contributed by atoms with E-state index in [0.717, 1.165) is 19.1 Å². The molecule has 0 amide bonds. The van der Waals surface area contributed by atoms with E-state index in [0.29, 0.717) is 12.3 Å². The number of rotatable bonds is 5. The second kappa shape index (κ2) is 5.99. The SMILES string of the molecule is CC(C)=C(C)CC[C@@H](C)CC=O. The van der Waals surface area contributed by atoms with E-state index in [4.69, 9.17) is 0 Å². The van der Waals surface area contributed by atoms with Crippen molar-refractivity contribution in [1.82, 2.24) is 0 Å². The minimum Gasteiger partial charge on any atom is -0.303 e. The molecule has 0 spiro atoms. The van der Waals surface area contributed by atoms with Crippen LogP contribution in [0.25, 0.3) is 0 Å². The van der Waals surface area contributed by atoms with E-state index in [1.54, 1.807) is 0 Å². The quantitative estimate of drug-likeness (QED) is 0.454. The highest BCUT2D eigenvalue weighted by atomic mass is 16.1. The number of hydrogen-bond donors (Lipinski definition) is 0. The van der Waals surface area contributed by atoms with Crippen LogP contribution in [0.4, 0.5) is 0 Å². The van der Waals surface area contributed by atoms with Crippen molar-refractivity contribution in [2.24, 2.45) is 5.92 Å². The van der Waals surface area contributed by atoms with Crippen molar-refractivity contribution in [3.8, 4) is 0 Å². The minimum atomic E-state index is 0.539. The van der Waals surface area contributed by atoms with Gasteiger partial charge in [-0.2, -0.15) is 0 Å². The molecule has 0 heterocycles. The van der Waals surface area contributed by atoms with E-state index in [1.165, 1.54) is 11.1 Å². The molecule has 0 aromatic carbocycles. The Bertz CT molecular complexity index is 164. The molecule has 0 saturated carbocycles. The van der Waals surface area contributed by atoms with Crippen molar-refractivity contribution in [3.63, 3.8) is 0 Å². The van der Waals surface area contributed by atoms with Gasteiger partial charge in [-0.05, 0) is 39.5 Å². The molecule has 0 N–H and O–H groups in total. The summed E-state index contributed by atoms with van der Waals surface area (Å²) in [5.41, 5.74) is 2.88. The molecule has 0 bridgehead atoms. The maximum atomic E-state index is 10.2. The van der Waals surface area contributed by atoms with E-state index >= 15 is 0 Å². The van der Waals surface area contributed by atoms with Gasteiger partial charge in [0.05, 0.1) is 0 Å². The molecular formula is C11H20O. The second-order valence-electron chi connectivity index (χ2n) is 3.83.